The number of alkyl halides is 3. The smallest absolute Gasteiger partial charge is 0.433 e. The van der Waals surface area contributed by atoms with Crippen molar-refractivity contribution in [1.82, 2.24) is 19.5 Å². The van der Waals surface area contributed by atoms with E-state index in [4.69, 9.17) is 9.47 Å². The third kappa shape index (κ3) is 3.94. The Balaban J connectivity index is 1.53. The highest BCUT2D eigenvalue weighted by Gasteiger charge is 2.35. The van der Waals surface area contributed by atoms with Crippen LogP contribution in [-0.2, 0) is 12.7 Å². The average molecular weight is 420 g/mol. The SMILES string of the molecule is COc1ccc(CN2CC[C@@H](c3cc4nc(C)cc(C(F)(F)F)n4n3)C2)cc1OC. The van der Waals surface area contributed by atoms with E-state index in [2.05, 4.69) is 15.0 Å². The lowest BCUT2D eigenvalue weighted by molar-refractivity contribution is -0.142. The molecule has 4 rings (SSSR count). The summed E-state index contributed by atoms with van der Waals surface area (Å²) in [5, 5.41) is 4.26. The number of hydrogen-bond acceptors (Lipinski definition) is 5. The number of ether oxygens (including phenoxy) is 2. The quantitative estimate of drug-likeness (QED) is 0.623. The van der Waals surface area contributed by atoms with Crippen LogP contribution in [-0.4, -0.2) is 46.8 Å². The number of likely N-dealkylation sites (tertiary alicyclic amines) is 1. The molecule has 0 spiro atoms. The molecule has 0 amide bonds. The summed E-state index contributed by atoms with van der Waals surface area (Å²) in [7, 11) is 3.19. The standard InChI is InChI=1S/C21H23F3N4O2/c1-13-8-19(21(22,23)24)28-20(25-13)10-16(26-28)15-6-7-27(12-15)11-14-4-5-17(29-2)18(9-14)30-3/h4-5,8-10,15H,6-7,11-12H2,1-3H3/t15-/m1/s1. The number of fused-ring (bicyclic) bond motifs is 1. The monoisotopic (exact) mass is 420 g/mol. The third-order valence-corrected chi connectivity index (χ3v) is 5.41. The van der Waals surface area contributed by atoms with E-state index in [-0.39, 0.29) is 11.6 Å². The number of rotatable bonds is 5. The van der Waals surface area contributed by atoms with E-state index in [0.29, 0.717) is 22.9 Å². The minimum absolute atomic E-state index is 0.0632. The maximum atomic E-state index is 13.4. The van der Waals surface area contributed by atoms with Gasteiger partial charge in [-0.25, -0.2) is 9.50 Å². The normalized spacial score (nSPS) is 17.6. The minimum atomic E-state index is -4.48. The fourth-order valence-electron chi connectivity index (χ4n) is 3.97. The number of hydrogen-bond donors (Lipinski definition) is 0. The van der Waals surface area contributed by atoms with E-state index in [1.807, 2.05) is 18.2 Å². The first-order valence-corrected chi connectivity index (χ1v) is 9.66. The zero-order valence-electron chi connectivity index (χ0n) is 17.0. The van der Waals surface area contributed by atoms with Crippen molar-refractivity contribution in [3.8, 4) is 11.5 Å². The molecule has 1 aliphatic heterocycles. The predicted octanol–water partition coefficient (Wildman–Crippen LogP) is 4.06. The average Bonchev–Trinajstić information content (AvgIpc) is 3.33. The fourth-order valence-corrected chi connectivity index (χ4v) is 3.97. The molecule has 9 heteroatoms. The van der Waals surface area contributed by atoms with Crippen molar-refractivity contribution in [2.75, 3.05) is 27.3 Å². The van der Waals surface area contributed by atoms with Crippen LogP contribution in [0.1, 0.15) is 35.0 Å². The van der Waals surface area contributed by atoms with Gasteiger partial charge in [-0.05, 0) is 43.7 Å². The van der Waals surface area contributed by atoms with Crippen LogP contribution in [0.5, 0.6) is 11.5 Å². The van der Waals surface area contributed by atoms with Crippen molar-refractivity contribution >= 4 is 5.65 Å². The molecule has 30 heavy (non-hydrogen) atoms. The van der Waals surface area contributed by atoms with Crippen LogP contribution in [0.15, 0.2) is 30.3 Å². The van der Waals surface area contributed by atoms with Crippen LogP contribution in [0.2, 0.25) is 0 Å². The second kappa shape index (κ2) is 7.79. The largest absolute Gasteiger partial charge is 0.493 e. The lowest BCUT2D eigenvalue weighted by Crippen LogP contribution is -2.20. The van der Waals surface area contributed by atoms with Gasteiger partial charge in [0.25, 0.3) is 0 Å². The van der Waals surface area contributed by atoms with Gasteiger partial charge >= 0.3 is 6.18 Å². The third-order valence-electron chi connectivity index (χ3n) is 5.41. The van der Waals surface area contributed by atoms with Crippen molar-refractivity contribution in [2.45, 2.75) is 32.0 Å². The molecular formula is C21H23F3N4O2. The van der Waals surface area contributed by atoms with Crippen molar-refractivity contribution in [2.24, 2.45) is 0 Å². The molecule has 1 aliphatic rings. The van der Waals surface area contributed by atoms with Crippen molar-refractivity contribution < 1.29 is 22.6 Å². The second-order valence-electron chi connectivity index (χ2n) is 7.53. The van der Waals surface area contributed by atoms with Crippen molar-refractivity contribution in [3.63, 3.8) is 0 Å². The molecular weight excluding hydrogens is 397 g/mol. The highest BCUT2D eigenvalue weighted by Crippen LogP contribution is 2.33. The highest BCUT2D eigenvalue weighted by atomic mass is 19.4. The summed E-state index contributed by atoms with van der Waals surface area (Å²) in [6.07, 6.45) is -3.65. The maximum absolute atomic E-state index is 13.4. The number of aromatic nitrogens is 3. The van der Waals surface area contributed by atoms with E-state index in [0.717, 1.165) is 42.2 Å². The summed E-state index contributed by atoms with van der Waals surface area (Å²) >= 11 is 0. The summed E-state index contributed by atoms with van der Waals surface area (Å²) in [4.78, 5) is 6.49. The second-order valence-corrected chi connectivity index (χ2v) is 7.53. The van der Waals surface area contributed by atoms with E-state index >= 15 is 0 Å². The summed E-state index contributed by atoms with van der Waals surface area (Å²) in [6, 6.07) is 8.51. The van der Waals surface area contributed by atoms with Gasteiger partial charge in [0.15, 0.2) is 17.1 Å². The first-order chi connectivity index (χ1) is 14.3. The Morgan fingerprint density at radius 1 is 1.10 bits per heavy atom. The molecule has 0 N–H and O–H groups in total. The molecule has 1 saturated heterocycles. The van der Waals surface area contributed by atoms with Gasteiger partial charge in [0.05, 0.1) is 19.9 Å². The molecule has 1 atom stereocenters. The van der Waals surface area contributed by atoms with Gasteiger partial charge in [-0.1, -0.05) is 6.07 Å². The van der Waals surface area contributed by atoms with E-state index in [9.17, 15) is 13.2 Å². The summed E-state index contributed by atoms with van der Waals surface area (Å²) < 4.78 is 51.7. The molecule has 0 radical (unpaired) electrons. The number of aryl methyl sites for hydroxylation is 1. The van der Waals surface area contributed by atoms with Crippen LogP contribution in [0.25, 0.3) is 5.65 Å². The van der Waals surface area contributed by atoms with Crippen LogP contribution < -0.4 is 9.47 Å². The molecule has 0 aliphatic carbocycles. The summed E-state index contributed by atoms with van der Waals surface area (Å²) in [5.41, 5.74) is 1.49. The predicted molar refractivity (Wildman–Crippen MR) is 105 cm³/mol. The Morgan fingerprint density at radius 2 is 1.87 bits per heavy atom. The Morgan fingerprint density at radius 3 is 2.57 bits per heavy atom. The Hall–Kier alpha value is -2.81. The molecule has 1 fully saturated rings. The number of halogens is 3. The van der Waals surface area contributed by atoms with Gasteiger partial charge in [-0.2, -0.15) is 18.3 Å². The van der Waals surface area contributed by atoms with Crippen LogP contribution in [0, 0.1) is 6.92 Å². The molecule has 3 heterocycles. The van der Waals surface area contributed by atoms with Crippen LogP contribution in [0.3, 0.4) is 0 Å². The van der Waals surface area contributed by atoms with Gasteiger partial charge in [-0.15, -0.1) is 0 Å². The number of nitrogens with zero attached hydrogens (tertiary/aromatic N) is 4. The van der Waals surface area contributed by atoms with E-state index in [1.54, 1.807) is 27.2 Å². The van der Waals surface area contributed by atoms with Gasteiger partial charge in [-0.3, -0.25) is 4.90 Å². The van der Waals surface area contributed by atoms with Gasteiger partial charge < -0.3 is 9.47 Å². The van der Waals surface area contributed by atoms with Crippen LogP contribution in [0.4, 0.5) is 13.2 Å². The van der Waals surface area contributed by atoms with E-state index < -0.39 is 11.9 Å². The number of benzene rings is 1. The summed E-state index contributed by atoms with van der Waals surface area (Å²) in [6.45, 7) is 3.84. The zero-order chi connectivity index (χ0) is 21.5. The van der Waals surface area contributed by atoms with Crippen LogP contribution >= 0.6 is 0 Å². The molecule has 0 bridgehead atoms. The van der Waals surface area contributed by atoms with Gasteiger partial charge in [0.1, 0.15) is 5.69 Å². The Labute approximate surface area is 172 Å². The molecule has 0 unspecified atom stereocenters. The molecule has 1 aromatic carbocycles. The topological polar surface area (TPSA) is 51.9 Å². The fraction of sp³-hybridized carbons (Fsp3) is 0.429. The molecule has 3 aromatic rings. The molecule has 2 aromatic heterocycles. The Bertz CT molecular complexity index is 1060. The zero-order valence-corrected chi connectivity index (χ0v) is 17.0. The molecule has 0 saturated carbocycles. The number of methoxy groups -OCH3 is 2. The Kier molecular flexibility index (Phi) is 5.31. The van der Waals surface area contributed by atoms with Gasteiger partial charge in [0.2, 0.25) is 0 Å². The summed E-state index contributed by atoms with van der Waals surface area (Å²) in [5.74, 6) is 1.41. The highest BCUT2D eigenvalue weighted by molar-refractivity contribution is 5.44. The maximum Gasteiger partial charge on any atom is 0.433 e. The van der Waals surface area contributed by atoms with E-state index in [1.165, 1.54) is 0 Å². The van der Waals surface area contributed by atoms with Crippen molar-refractivity contribution in [3.05, 3.63) is 53.0 Å². The first kappa shape index (κ1) is 20.5. The lowest BCUT2D eigenvalue weighted by atomic mass is 10.1. The molecule has 6 nitrogen and oxygen atoms in total. The van der Waals surface area contributed by atoms with Crippen molar-refractivity contribution in [1.29, 1.82) is 0 Å². The molecule has 160 valence electrons. The minimum Gasteiger partial charge on any atom is -0.493 e. The first-order valence-electron chi connectivity index (χ1n) is 9.66. The van der Waals surface area contributed by atoms with Gasteiger partial charge in [0, 0.05) is 30.8 Å². The lowest BCUT2D eigenvalue weighted by Gasteiger charge is -2.17.